The van der Waals surface area contributed by atoms with Gasteiger partial charge in [0, 0.05) is 13.1 Å². The van der Waals surface area contributed by atoms with Crippen molar-refractivity contribution in [1.29, 1.82) is 0 Å². The molecule has 1 heterocycles. The molecule has 7 heteroatoms. The van der Waals surface area contributed by atoms with Crippen molar-refractivity contribution in [2.75, 3.05) is 45.4 Å². The number of anilines is 1. The van der Waals surface area contributed by atoms with Gasteiger partial charge in [-0.15, -0.1) is 0 Å². The highest BCUT2D eigenvalue weighted by molar-refractivity contribution is 5.82. The number of nitrogens with one attached hydrogen (secondary N) is 1. The van der Waals surface area contributed by atoms with Gasteiger partial charge in [-0.05, 0) is 35.9 Å². The molecule has 1 N–H and O–H groups in total. The number of carbonyl (C=O) groups is 1. The van der Waals surface area contributed by atoms with E-state index in [1.54, 1.807) is 24.3 Å². The van der Waals surface area contributed by atoms with E-state index in [0.29, 0.717) is 37.8 Å². The van der Waals surface area contributed by atoms with E-state index in [9.17, 15) is 4.79 Å². The van der Waals surface area contributed by atoms with Crippen LogP contribution in [-0.4, -0.2) is 57.0 Å². The molecule has 1 fully saturated rings. The van der Waals surface area contributed by atoms with Gasteiger partial charge in [0.1, 0.15) is 0 Å². The quantitative estimate of drug-likeness (QED) is 0.599. The Labute approximate surface area is 158 Å². The molecule has 142 valence electrons. The van der Waals surface area contributed by atoms with Crippen LogP contribution in [-0.2, 0) is 9.53 Å². The van der Waals surface area contributed by atoms with Crippen LogP contribution in [0.15, 0.2) is 53.6 Å². The van der Waals surface area contributed by atoms with E-state index in [1.165, 1.54) is 0 Å². The number of benzene rings is 2. The summed E-state index contributed by atoms with van der Waals surface area (Å²) in [6.07, 6.45) is 1.69. The second kappa shape index (κ2) is 9.59. The molecule has 0 bridgehead atoms. The maximum absolute atomic E-state index is 12.2. The molecular formula is C20H23N3O4. The van der Waals surface area contributed by atoms with Gasteiger partial charge in [-0.25, -0.2) is 0 Å². The predicted molar refractivity (Wildman–Crippen MR) is 104 cm³/mol. The highest BCUT2D eigenvalue weighted by atomic mass is 16.5. The van der Waals surface area contributed by atoms with Crippen molar-refractivity contribution in [1.82, 2.24) is 4.90 Å². The summed E-state index contributed by atoms with van der Waals surface area (Å²) in [6.45, 7) is 2.31. The Hall–Kier alpha value is -3.06. The highest BCUT2D eigenvalue weighted by Crippen LogP contribution is 2.27. The molecule has 0 aliphatic carbocycles. The molecule has 2 aromatic rings. The van der Waals surface area contributed by atoms with E-state index in [1.807, 2.05) is 42.5 Å². The molecule has 2 aromatic carbocycles. The number of hydrogen-bond acceptors (Lipinski definition) is 6. The van der Waals surface area contributed by atoms with Crippen LogP contribution >= 0.6 is 0 Å². The fourth-order valence-corrected chi connectivity index (χ4v) is 2.62. The average molecular weight is 369 g/mol. The number of nitrogens with zero attached hydrogens (tertiary/aromatic N) is 2. The Bertz CT molecular complexity index is 774. The molecule has 0 aromatic heterocycles. The molecule has 1 aliphatic rings. The second-order valence-electron chi connectivity index (χ2n) is 5.93. The number of carbonyl (C=O) groups excluding carboxylic acids is 1. The minimum atomic E-state index is -0.0574. The molecule has 0 atom stereocenters. The SMILES string of the molecule is COc1cc(/C=N/Nc2ccccc2)ccc1OCC(=O)N1CCOCC1. The lowest BCUT2D eigenvalue weighted by Crippen LogP contribution is -2.43. The molecule has 0 spiro atoms. The van der Waals surface area contributed by atoms with Gasteiger partial charge in [0.25, 0.3) is 5.91 Å². The van der Waals surface area contributed by atoms with Gasteiger partial charge < -0.3 is 19.1 Å². The summed E-state index contributed by atoms with van der Waals surface area (Å²) >= 11 is 0. The van der Waals surface area contributed by atoms with Crippen molar-refractivity contribution in [2.24, 2.45) is 5.10 Å². The van der Waals surface area contributed by atoms with E-state index >= 15 is 0 Å². The Morgan fingerprint density at radius 1 is 1.19 bits per heavy atom. The average Bonchev–Trinajstić information content (AvgIpc) is 2.73. The van der Waals surface area contributed by atoms with Gasteiger partial charge in [-0.1, -0.05) is 18.2 Å². The molecule has 0 radical (unpaired) electrons. The van der Waals surface area contributed by atoms with Crippen LogP contribution in [0.3, 0.4) is 0 Å². The normalized spacial score (nSPS) is 14.2. The number of morpholine rings is 1. The Morgan fingerprint density at radius 3 is 2.70 bits per heavy atom. The number of hydrazone groups is 1. The predicted octanol–water partition coefficient (Wildman–Crippen LogP) is 2.38. The first-order valence-corrected chi connectivity index (χ1v) is 8.77. The molecule has 1 amide bonds. The van der Waals surface area contributed by atoms with Gasteiger partial charge in [-0.2, -0.15) is 5.10 Å². The molecule has 1 aliphatic heterocycles. The first-order chi connectivity index (χ1) is 13.3. The van der Waals surface area contributed by atoms with Gasteiger partial charge >= 0.3 is 0 Å². The molecule has 7 nitrogen and oxygen atoms in total. The van der Waals surface area contributed by atoms with Gasteiger partial charge in [0.15, 0.2) is 18.1 Å². The van der Waals surface area contributed by atoms with Crippen molar-refractivity contribution in [3.05, 3.63) is 54.1 Å². The third kappa shape index (κ3) is 5.46. The zero-order valence-corrected chi connectivity index (χ0v) is 15.3. The third-order valence-corrected chi connectivity index (χ3v) is 4.08. The highest BCUT2D eigenvalue weighted by Gasteiger charge is 2.17. The Kier molecular flexibility index (Phi) is 6.65. The first kappa shape index (κ1) is 18.7. The van der Waals surface area contributed by atoms with Crippen LogP contribution in [0.5, 0.6) is 11.5 Å². The van der Waals surface area contributed by atoms with Gasteiger partial charge in [0.05, 0.1) is 32.2 Å². The summed E-state index contributed by atoms with van der Waals surface area (Å²) < 4.78 is 16.3. The van der Waals surface area contributed by atoms with Crippen molar-refractivity contribution in [3.63, 3.8) is 0 Å². The summed E-state index contributed by atoms with van der Waals surface area (Å²) in [7, 11) is 1.56. The maximum atomic E-state index is 12.2. The van der Waals surface area contributed by atoms with Crippen molar-refractivity contribution >= 4 is 17.8 Å². The van der Waals surface area contributed by atoms with E-state index in [-0.39, 0.29) is 12.5 Å². The zero-order chi connectivity index (χ0) is 18.9. The number of ether oxygens (including phenoxy) is 3. The molecule has 0 saturated carbocycles. The monoisotopic (exact) mass is 369 g/mol. The second-order valence-corrected chi connectivity index (χ2v) is 5.93. The standard InChI is InChI=1S/C20H23N3O4/c1-25-19-13-16(14-21-22-17-5-3-2-4-6-17)7-8-18(19)27-15-20(24)23-9-11-26-12-10-23/h2-8,13-14,22H,9-12,15H2,1H3/b21-14+. The lowest BCUT2D eigenvalue weighted by Gasteiger charge is -2.26. The van der Waals surface area contributed by atoms with Crippen LogP contribution in [0.25, 0.3) is 0 Å². The largest absolute Gasteiger partial charge is 0.493 e. The lowest BCUT2D eigenvalue weighted by molar-refractivity contribution is -0.137. The topological polar surface area (TPSA) is 72.4 Å². The Morgan fingerprint density at radius 2 is 1.96 bits per heavy atom. The number of para-hydroxylation sites is 1. The van der Waals surface area contributed by atoms with Crippen LogP contribution in [0.1, 0.15) is 5.56 Å². The maximum Gasteiger partial charge on any atom is 0.260 e. The third-order valence-electron chi connectivity index (χ3n) is 4.08. The van der Waals surface area contributed by atoms with Gasteiger partial charge in [0.2, 0.25) is 0 Å². The molecular weight excluding hydrogens is 346 g/mol. The summed E-state index contributed by atoms with van der Waals surface area (Å²) in [5, 5.41) is 4.21. The molecule has 27 heavy (non-hydrogen) atoms. The van der Waals surface area contributed by atoms with Crippen LogP contribution in [0, 0.1) is 0 Å². The Balaban J connectivity index is 1.57. The van der Waals surface area contributed by atoms with Crippen LogP contribution in [0.2, 0.25) is 0 Å². The summed E-state index contributed by atoms with van der Waals surface area (Å²) in [4.78, 5) is 13.9. The lowest BCUT2D eigenvalue weighted by atomic mass is 10.2. The minimum absolute atomic E-state index is 0.0284. The van der Waals surface area contributed by atoms with E-state index in [0.717, 1.165) is 11.3 Å². The smallest absolute Gasteiger partial charge is 0.260 e. The summed E-state index contributed by atoms with van der Waals surface area (Å²) in [5.41, 5.74) is 4.71. The van der Waals surface area contributed by atoms with E-state index in [2.05, 4.69) is 10.5 Å². The summed E-state index contributed by atoms with van der Waals surface area (Å²) in [5.74, 6) is 1.01. The fraction of sp³-hybridized carbons (Fsp3) is 0.300. The number of amides is 1. The fourth-order valence-electron chi connectivity index (χ4n) is 2.62. The first-order valence-electron chi connectivity index (χ1n) is 8.77. The molecule has 3 rings (SSSR count). The minimum Gasteiger partial charge on any atom is -0.493 e. The summed E-state index contributed by atoms with van der Waals surface area (Å²) in [6, 6.07) is 15.1. The van der Waals surface area contributed by atoms with Crippen molar-refractivity contribution < 1.29 is 19.0 Å². The number of rotatable bonds is 7. The van der Waals surface area contributed by atoms with Crippen molar-refractivity contribution in [3.8, 4) is 11.5 Å². The zero-order valence-electron chi connectivity index (χ0n) is 15.3. The molecule has 1 saturated heterocycles. The van der Waals surface area contributed by atoms with Crippen LogP contribution < -0.4 is 14.9 Å². The van der Waals surface area contributed by atoms with Gasteiger partial charge in [-0.3, -0.25) is 10.2 Å². The molecule has 0 unspecified atom stereocenters. The van der Waals surface area contributed by atoms with Crippen molar-refractivity contribution in [2.45, 2.75) is 0 Å². The van der Waals surface area contributed by atoms with E-state index in [4.69, 9.17) is 14.2 Å². The van der Waals surface area contributed by atoms with E-state index < -0.39 is 0 Å². The number of hydrogen-bond donors (Lipinski definition) is 1. The number of methoxy groups -OCH3 is 1. The van der Waals surface area contributed by atoms with Crippen LogP contribution in [0.4, 0.5) is 5.69 Å².